The molecule has 0 aliphatic rings. The largest absolute Gasteiger partial charge is 0.478 e. The molecular formula is C14H11BrN2O3S. The summed E-state index contributed by atoms with van der Waals surface area (Å²) in [7, 11) is 0. The quantitative estimate of drug-likeness (QED) is 0.810. The number of carbonyl (C=O) groups is 2. The molecule has 1 heterocycles. The number of aromatic carboxylic acids is 1. The number of halogens is 1. The Morgan fingerprint density at radius 1 is 1.43 bits per heavy atom. The molecule has 2 rings (SSSR count). The van der Waals surface area contributed by atoms with Gasteiger partial charge in [-0.05, 0) is 47.1 Å². The minimum absolute atomic E-state index is 0.147. The van der Waals surface area contributed by atoms with E-state index in [1.165, 1.54) is 35.6 Å². The first kappa shape index (κ1) is 15.4. The second-order valence-electron chi connectivity index (χ2n) is 4.11. The third-order valence-corrected chi connectivity index (χ3v) is 3.96. The number of nitrogens with zero attached hydrogens (tertiary/aromatic N) is 1. The van der Waals surface area contributed by atoms with E-state index < -0.39 is 5.97 Å². The lowest BCUT2D eigenvalue weighted by molar-refractivity contribution is -0.111. The molecular weight excluding hydrogens is 356 g/mol. The summed E-state index contributed by atoms with van der Waals surface area (Å²) in [4.78, 5) is 26.8. The van der Waals surface area contributed by atoms with E-state index in [0.29, 0.717) is 10.2 Å². The molecule has 0 aliphatic heterocycles. The molecule has 0 atom stereocenters. The standard InChI is InChI=1S/C14H11BrN2O3S/c1-8-16-10(7-21-8)3-5-13(18)17-12-4-2-9(14(19)20)6-11(12)15/h2-7H,1H3,(H,17,18)(H,19,20). The minimum Gasteiger partial charge on any atom is -0.478 e. The van der Waals surface area contributed by atoms with Crippen LogP contribution in [0.5, 0.6) is 0 Å². The topological polar surface area (TPSA) is 79.3 Å². The number of aromatic nitrogens is 1. The normalized spacial score (nSPS) is 10.8. The zero-order valence-corrected chi connectivity index (χ0v) is 13.4. The van der Waals surface area contributed by atoms with Crippen LogP contribution < -0.4 is 5.32 Å². The molecule has 1 aromatic heterocycles. The highest BCUT2D eigenvalue weighted by Gasteiger charge is 2.08. The van der Waals surface area contributed by atoms with Crippen LogP contribution in [0.1, 0.15) is 21.1 Å². The van der Waals surface area contributed by atoms with E-state index in [4.69, 9.17) is 5.11 Å². The third-order valence-electron chi connectivity index (χ3n) is 2.52. The second kappa shape index (κ2) is 6.64. The first-order valence-electron chi connectivity index (χ1n) is 5.90. The maximum absolute atomic E-state index is 11.8. The van der Waals surface area contributed by atoms with Crippen LogP contribution in [0.3, 0.4) is 0 Å². The van der Waals surface area contributed by atoms with Crippen LogP contribution in [0.2, 0.25) is 0 Å². The average Bonchev–Trinajstić information content (AvgIpc) is 2.84. The summed E-state index contributed by atoms with van der Waals surface area (Å²) in [5.41, 5.74) is 1.38. The molecule has 0 saturated carbocycles. The predicted molar refractivity (Wildman–Crippen MR) is 85.6 cm³/mol. The number of carbonyl (C=O) groups excluding carboxylic acids is 1. The zero-order chi connectivity index (χ0) is 15.4. The Kier molecular flexibility index (Phi) is 4.87. The van der Waals surface area contributed by atoms with Gasteiger partial charge in [0.1, 0.15) is 0 Å². The molecule has 0 saturated heterocycles. The number of hydrogen-bond donors (Lipinski definition) is 2. The molecule has 2 aromatic rings. The van der Waals surface area contributed by atoms with Crippen LogP contribution in [0, 0.1) is 6.92 Å². The Balaban J connectivity index is 2.06. The van der Waals surface area contributed by atoms with Gasteiger partial charge in [-0.2, -0.15) is 0 Å². The van der Waals surface area contributed by atoms with Gasteiger partial charge in [-0.15, -0.1) is 11.3 Å². The lowest BCUT2D eigenvalue weighted by atomic mass is 10.2. The first-order chi connectivity index (χ1) is 9.95. The number of benzene rings is 1. The highest BCUT2D eigenvalue weighted by atomic mass is 79.9. The fourth-order valence-electron chi connectivity index (χ4n) is 1.54. The van der Waals surface area contributed by atoms with Crippen molar-refractivity contribution in [2.24, 2.45) is 0 Å². The van der Waals surface area contributed by atoms with Crippen molar-refractivity contribution in [3.8, 4) is 0 Å². The molecule has 2 N–H and O–H groups in total. The van der Waals surface area contributed by atoms with Gasteiger partial charge < -0.3 is 10.4 Å². The number of carboxylic acid groups (broad SMARTS) is 1. The highest BCUT2D eigenvalue weighted by Crippen LogP contribution is 2.23. The number of rotatable bonds is 4. The number of carboxylic acids is 1. The number of amides is 1. The average molecular weight is 367 g/mol. The summed E-state index contributed by atoms with van der Waals surface area (Å²) in [5, 5.41) is 14.3. The summed E-state index contributed by atoms with van der Waals surface area (Å²) in [6.45, 7) is 1.89. The van der Waals surface area contributed by atoms with Crippen LogP contribution in [0.25, 0.3) is 6.08 Å². The van der Waals surface area contributed by atoms with Crippen molar-refractivity contribution < 1.29 is 14.7 Å². The molecule has 0 unspecified atom stereocenters. The van der Waals surface area contributed by atoms with E-state index in [-0.39, 0.29) is 11.5 Å². The van der Waals surface area contributed by atoms with Gasteiger partial charge in [0.2, 0.25) is 5.91 Å². The number of aryl methyl sites for hydroxylation is 1. The number of thiazole rings is 1. The Morgan fingerprint density at radius 2 is 2.19 bits per heavy atom. The van der Waals surface area contributed by atoms with Gasteiger partial charge in [-0.25, -0.2) is 9.78 Å². The van der Waals surface area contributed by atoms with Gasteiger partial charge >= 0.3 is 5.97 Å². The van der Waals surface area contributed by atoms with Crippen LogP contribution >= 0.6 is 27.3 Å². The number of anilines is 1. The first-order valence-corrected chi connectivity index (χ1v) is 7.57. The predicted octanol–water partition coefficient (Wildman–Crippen LogP) is 3.56. The van der Waals surface area contributed by atoms with E-state index >= 15 is 0 Å². The van der Waals surface area contributed by atoms with Gasteiger partial charge in [0.05, 0.1) is 22.0 Å². The van der Waals surface area contributed by atoms with Crippen molar-refractivity contribution in [3.05, 3.63) is 50.4 Å². The molecule has 0 aliphatic carbocycles. The summed E-state index contributed by atoms with van der Waals surface area (Å²) in [6, 6.07) is 4.40. The van der Waals surface area contributed by atoms with Crippen LogP contribution in [-0.4, -0.2) is 22.0 Å². The van der Waals surface area contributed by atoms with Gasteiger partial charge in [0.25, 0.3) is 0 Å². The van der Waals surface area contributed by atoms with E-state index in [1.807, 2.05) is 12.3 Å². The minimum atomic E-state index is -1.02. The van der Waals surface area contributed by atoms with Crippen molar-refractivity contribution >= 4 is 50.9 Å². The summed E-state index contributed by atoms with van der Waals surface area (Å²) < 4.78 is 0.508. The molecule has 0 bridgehead atoms. The van der Waals surface area contributed by atoms with E-state index in [0.717, 1.165) is 10.7 Å². The molecule has 0 fully saturated rings. The van der Waals surface area contributed by atoms with E-state index in [2.05, 4.69) is 26.2 Å². The van der Waals surface area contributed by atoms with Crippen molar-refractivity contribution in [2.45, 2.75) is 6.92 Å². The van der Waals surface area contributed by atoms with E-state index in [9.17, 15) is 9.59 Å². The SMILES string of the molecule is Cc1nc(C=CC(=O)Nc2ccc(C(=O)O)cc2Br)cs1. The Labute approximate surface area is 133 Å². The van der Waals surface area contributed by atoms with Gasteiger partial charge in [0.15, 0.2) is 0 Å². The van der Waals surface area contributed by atoms with Gasteiger partial charge in [-0.3, -0.25) is 4.79 Å². The fraction of sp³-hybridized carbons (Fsp3) is 0.0714. The molecule has 7 heteroatoms. The van der Waals surface area contributed by atoms with Crippen LogP contribution in [0.15, 0.2) is 34.1 Å². The monoisotopic (exact) mass is 366 g/mol. The van der Waals surface area contributed by atoms with Crippen LogP contribution in [0.4, 0.5) is 5.69 Å². The lowest BCUT2D eigenvalue weighted by Crippen LogP contribution is -2.09. The van der Waals surface area contributed by atoms with E-state index in [1.54, 1.807) is 6.08 Å². The smallest absolute Gasteiger partial charge is 0.335 e. The highest BCUT2D eigenvalue weighted by molar-refractivity contribution is 9.10. The number of nitrogens with one attached hydrogen (secondary N) is 1. The molecule has 1 aromatic carbocycles. The maximum atomic E-state index is 11.8. The molecule has 0 radical (unpaired) electrons. The summed E-state index contributed by atoms with van der Waals surface area (Å²) in [5.74, 6) is -1.34. The van der Waals surface area contributed by atoms with Crippen LogP contribution in [-0.2, 0) is 4.79 Å². The van der Waals surface area contributed by atoms with Crippen molar-refractivity contribution in [3.63, 3.8) is 0 Å². The third kappa shape index (κ3) is 4.24. The van der Waals surface area contributed by atoms with Crippen molar-refractivity contribution in [2.75, 3.05) is 5.32 Å². The molecule has 0 spiro atoms. The molecule has 108 valence electrons. The summed E-state index contributed by atoms with van der Waals surface area (Å²) in [6.07, 6.45) is 3.00. The molecule has 1 amide bonds. The van der Waals surface area contributed by atoms with Gasteiger partial charge in [0, 0.05) is 15.9 Å². The Bertz CT molecular complexity index is 725. The maximum Gasteiger partial charge on any atom is 0.335 e. The molecule has 5 nitrogen and oxygen atoms in total. The second-order valence-corrected chi connectivity index (χ2v) is 6.03. The zero-order valence-electron chi connectivity index (χ0n) is 11.0. The Hall–Kier alpha value is -1.99. The Morgan fingerprint density at radius 3 is 2.76 bits per heavy atom. The van der Waals surface area contributed by atoms with Gasteiger partial charge in [-0.1, -0.05) is 0 Å². The molecule has 21 heavy (non-hydrogen) atoms. The number of hydrogen-bond acceptors (Lipinski definition) is 4. The van der Waals surface area contributed by atoms with Crippen molar-refractivity contribution in [1.29, 1.82) is 0 Å². The lowest BCUT2D eigenvalue weighted by Gasteiger charge is -2.05. The summed E-state index contributed by atoms with van der Waals surface area (Å²) >= 11 is 4.74. The van der Waals surface area contributed by atoms with Crippen molar-refractivity contribution in [1.82, 2.24) is 4.98 Å². The fourth-order valence-corrected chi connectivity index (χ4v) is 2.60.